The molecule has 1 aliphatic carbocycles. The highest BCUT2D eigenvalue weighted by Crippen LogP contribution is 2.33. The van der Waals surface area contributed by atoms with Crippen molar-refractivity contribution in [3.05, 3.63) is 0 Å². The van der Waals surface area contributed by atoms with Gasteiger partial charge in [-0.1, -0.05) is 13.8 Å². The van der Waals surface area contributed by atoms with Crippen LogP contribution in [0.3, 0.4) is 0 Å². The molecule has 0 amide bonds. The minimum absolute atomic E-state index is 0.0555. The van der Waals surface area contributed by atoms with Crippen LogP contribution >= 0.6 is 0 Å². The average Bonchev–Trinajstić information content (AvgIpc) is 2.57. The fourth-order valence-electron chi connectivity index (χ4n) is 3.84. The largest absolute Gasteiger partial charge is 0.393 e. The first-order chi connectivity index (χ1) is 11.5. The summed E-state index contributed by atoms with van der Waals surface area (Å²) in [5.74, 6) is 0.809. The molecule has 2 aliphatic heterocycles. The topological polar surface area (TPSA) is 44.7 Å². The van der Waals surface area contributed by atoms with E-state index in [0.717, 1.165) is 31.8 Å². The number of nitrogens with zero attached hydrogens (tertiary/aromatic N) is 1. The molecule has 2 saturated heterocycles. The van der Waals surface area contributed by atoms with Gasteiger partial charge < -0.3 is 15.2 Å². The third-order valence-corrected chi connectivity index (χ3v) is 6.00. The maximum Gasteiger partial charge on any atom is 0.0571 e. The maximum absolute atomic E-state index is 9.57. The molecule has 2 N–H and O–H groups in total. The molecule has 4 nitrogen and oxygen atoms in total. The Bertz CT molecular complexity index is 302. The third kappa shape index (κ3) is 6.62. The van der Waals surface area contributed by atoms with Crippen LogP contribution in [0, 0.1) is 5.92 Å². The molecule has 3 fully saturated rings. The maximum atomic E-state index is 9.57. The van der Waals surface area contributed by atoms with E-state index in [9.17, 15) is 5.11 Å². The standard InChI is InChI=1S/C13H26N2O.C5H10O.C2H6/c1-13(2,11-3-7-14-8-4-11)15-9-5-12(16)6-10-15;1-6-5-3-2-4-5;1-2/h11-12,14,16H,3-10H2,1-2H3;5H,2-4H2,1H3;1-2H3. The van der Waals surface area contributed by atoms with Gasteiger partial charge in [0, 0.05) is 25.7 Å². The number of rotatable bonds is 3. The van der Waals surface area contributed by atoms with Crippen molar-refractivity contribution in [2.45, 2.75) is 90.4 Å². The lowest BCUT2D eigenvalue weighted by atomic mass is 9.78. The van der Waals surface area contributed by atoms with Gasteiger partial charge in [0.15, 0.2) is 0 Å². The Morgan fingerprint density at radius 2 is 1.50 bits per heavy atom. The fourth-order valence-corrected chi connectivity index (χ4v) is 3.84. The zero-order valence-corrected chi connectivity index (χ0v) is 16.8. The molecule has 0 aromatic rings. The predicted octanol–water partition coefficient (Wildman–Crippen LogP) is 3.43. The number of piperidine rings is 2. The van der Waals surface area contributed by atoms with E-state index in [1.807, 2.05) is 13.8 Å². The van der Waals surface area contributed by atoms with E-state index in [-0.39, 0.29) is 6.10 Å². The van der Waals surface area contributed by atoms with E-state index in [2.05, 4.69) is 24.1 Å². The summed E-state index contributed by atoms with van der Waals surface area (Å²) in [4.78, 5) is 2.59. The predicted molar refractivity (Wildman–Crippen MR) is 102 cm³/mol. The van der Waals surface area contributed by atoms with Gasteiger partial charge in [0.2, 0.25) is 0 Å². The van der Waals surface area contributed by atoms with E-state index >= 15 is 0 Å². The number of hydrogen-bond acceptors (Lipinski definition) is 4. The summed E-state index contributed by atoms with van der Waals surface area (Å²) in [6.07, 6.45) is 9.01. The summed E-state index contributed by atoms with van der Waals surface area (Å²) >= 11 is 0. The molecule has 0 atom stereocenters. The number of hydrogen-bond donors (Lipinski definition) is 2. The zero-order chi connectivity index (χ0) is 18.0. The summed E-state index contributed by atoms with van der Waals surface area (Å²) in [5.41, 5.74) is 0.308. The number of nitrogens with one attached hydrogen (secondary N) is 1. The molecular weight excluding hydrogens is 300 g/mol. The highest BCUT2D eigenvalue weighted by molar-refractivity contribution is 4.92. The van der Waals surface area contributed by atoms with E-state index in [4.69, 9.17) is 4.74 Å². The highest BCUT2D eigenvalue weighted by atomic mass is 16.5. The lowest BCUT2D eigenvalue weighted by Crippen LogP contribution is -2.55. The second-order valence-electron chi connectivity index (χ2n) is 7.68. The monoisotopic (exact) mass is 342 g/mol. The molecule has 24 heavy (non-hydrogen) atoms. The quantitative estimate of drug-likeness (QED) is 0.825. The molecule has 0 bridgehead atoms. The van der Waals surface area contributed by atoms with Gasteiger partial charge in [0.1, 0.15) is 0 Å². The molecule has 0 unspecified atom stereocenters. The molecule has 0 spiro atoms. The van der Waals surface area contributed by atoms with Crippen LogP contribution in [-0.4, -0.2) is 61.0 Å². The molecule has 1 saturated carbocycles. The summed E-state index contributed by atoms with van der Waals surface area (Å²) in [6.45, 7) is 13.3. The van der Waals surface area contributed by atoms with Crippen LogP contribution in [0.1, 0.15) is 72.6 Å². The average molecular weight is 343 g/mol. The van der Waals surface area contributed by atoms with Gasteiger partial charge in [-0.2, -0.15) is 0 Å². The summed E-state index contributed by atoms with van der Waals surface area (Å²) in [6, 6.07) is 0. The highest BCUT2D eigenvalue weighted by Gasteiger charge is 2.37. The van der Waals surface area contributed by atoms with Crippen LogP contribution < -0.4 is 5.32 Å². The lowest BCUT2D eigenvalue weighted by Gasteiger charge is -2.48. The molecule has 2 heterocycles. The van der Waals surface area contributed by atoms with Crippen LogP contribution in [0.15, 0.2) is 0 Å². The SMILES string of the molecule is CC.CC(C)(C1CCNCC1)N1CCC(O)CC1.COC1CCC1. The Hall–Kier alpha value is -0.160. The lowest BCUT2D eigenvalue weighted by molar-refractivity contribution is -0.00481. The summed E-state index contributed by atoms with van der Waals surface area (Å²) in [7, 11) is 1.78. The van der Waals surface area contributed by atoms with Gasteiger partial charge in [-0.3, -0.25) is 4.90 Å². The second kappa shape index (κ2) is 11.5. The van der Waals surface area contributed by atoms with Crippen molar-refractivity contribution in [3.8, 4) is 0 Å². The van der Waals surface area contributed by atoms with Gasteiger partial charge in [-0.25, -0.2) is 0 Å². The van der Waals surface area contributed by atoms with E-state index in [0.29, 0.717) is 11.6 Å². The number of aliphatic hydroxyl groups excluding tert-OH is 1. The number of methoxy groups -OCH3 is 1. The van der Waals surface area contributed by atoms with Crippen LogP contribution in [-0.2, 0) is 4.74 Å². The Kier molecular flexibility index (Phi) is 10.4. The van der Waals surface area contributed by atoms with Crippen molar-refractivity contribution in [2.24, 2.45) is 5.92 Å². The Morgan fingerprint density at radius 3 is 1.88 bits per heavy atom. The summed E-state index contributed by atoms with van der Waals surface area (Å²) < 4.78 is 4.99. The molecular formula is C20H42N2O2. The molecule has 144 valence electrons. The van der Waals surface area contributed by atoms with Crippen molar-refractivity contribution >= 4 is 0 Å². The van der Waals surface area contributed by atoms with Crippen LogP contribution in [0.5, 0.6) is 0 Å². The van der Waals surface area contributed by atoms with Gasteiger partial charge in [0.05, 0.1) is 12.2 Å². The normalized spacial score (nSPS) is 24.2. The molecule has 4 heteroatoms. The van der Waals surface area contributed by atoms with Crippen molar-refractivity contribution in [3.63, 3.8) is 0 Å². The molecule has 3 aliphatic rings. The first kappa shape index (κ1) is 21.9. The Balaban J connectivity index is 0.000000300. The van der Waals surface area contributed by atoms with Gasteiger partial charge >= 0.3 is 0 Å². The Morgan fingerprint density at radius 1 is 0.958 bits per heavy atom. The first-order valence-electron chi connectivity index (χ1n) is 10.2. The summed E-state index contributed by atoms with van der Waals surface area (Å²) in [5, 5.41) is 13.0. The van der Waals surface area contributed by atoms with E-state index in [1.54, 1.807) is 7.11 Å². The van der Waals surface area contributed by atoms with E-state index in [1.165, 1.54) is 45.2 Å². The third-order valence-electron chi connectivity index (χ3n) is 6.00. The van der Waals surface area contributed by atoms with Crippen molar-refractivity contribution in [1.29, 1.82) is 0 Å². The number of aliphatic hydroxyl groups is 1. The first-order valence-corrected chi connectivity index (χ1v) is 10.2. The molecule has 0 aromatic carbocycles. The molecule has 0 radical (unpaired) electrons. The van der Waals surface area contributed by atoms with Crippen LogP contribution in [0.2, 0.25) is 0 Å². The second-order valence-corrected chi connectivity index (χ2v) is 7.68. The van der Waals surface area contributed by atoms with Crippen molar-refractivity contribution in [2.75, 3.05) is 33.3 Å². The molecule has 3 rings (SSSR count). The smallest absolute Gasteiger partial charge is 0.0571 e. The van der Waals surface area contributed by atoms with Crippen LogP contribution in [0.4, 0.5) is 0 Å². The number of likely N-dealkylation sites (tertiary alicyclic amines) is 1. The minimum Gasteiger partial charge on any atom is -0.393 e. The fraction of sp³-hybridized carbons (Fsp3) is 1.00. The van der Waals surface area contributed by atoms with Gasteiger partial charge in [-0.15, -0.1) is 0 Å². The van der Waals surface area contributed by atoms with E-state index < -0.39 is 0 Å². The van der Waals surface area contributed by atoms with Gasteiger partial charge in [-0.05, 0) is 77.8 Å². The minimum atomic E-state index is -0.0555. The van der Waals surface area contributed by atoms with Crippen molar-refractivity contribution in [1.82, 2.24) is 10.2 Å². The number of ether oxygens (including phenoxy) is 1. The Labute approximate surface area is 150 Å². The zero-order valence-electron chi connectivity index (χ0n) is 16.8. The molecule has 0 aromatic heterocycles. The van der Waals surface area contributed by atoms with Crippen molar-refractivity contribution < 1.29 is 9.84 Å². The van der Waals surface area contributed by atoms with Gasteiger partial charge in [0.25, 0.3) is 0 Å². The van der Waals surface area contributed by atoms with Crippen LogP contribution in [0.25, 0.3) is 0 Å².